The SMILES string of the molecule is C=Cc1ccccc1N(Cc1ccccc1CC)C(=O)CCNC(=O)C12CC(CNC(=O)CCOCCC(=O)NC(C(=O)NC(CCCCN)C(=O)NCC(=O)NC3CCc4c(C)c(F)cc5nc6c(c3c45)Cn3c-6cc4c(c3=O)COC(=O)C4(O)CC)C(C)C)(C1)C2. The van der Waals surface area contributed by atoms with E-state index in [1.807, 2.05) is 42.5 Å². The molecule has 4 unspecified atom stereocenters. The first-order chi connectivity index (χ1) is 44.6. The van der Waals surface area contributed by atoms with Crippen molar-refractivity contribution in [1.82, 2.24) is 41.5 Å². The van der Waals surface area contributed by atoms with Crippen LogP contribution >= 0.6 is 0 Å². The molecule has 3 aromatic carbocycles. The van der Waals surface area contributed by atoms with Gasteiger partial charge in [0.25, 0.3) is 5.56 Å². The zero-order valence-corrected chi connectivity index (χ0v) is 53.7. The maximum atomic E-state index is 15.5. The molecule has 4 atom stereocenters. The number of cyclic esters (lactones) is 1. The van der Waals surface area contributed by atoms with Gasteiger partial charge in [-0.15, -0.1) is 0 Å². The minimum absolute atomic E-state index is 0.0312. The summed E-state index contributed by atoms with van der Waals surface area (Å²) in [4.78, 5) is 129. The van der Waals surface area contributed by atoms with Gasteiger partial charge in [0.15, 0.2) is 5.60 Å². The summed E-state index contributed by atoms with van der Waals surface area (Å²) in [7, 11) is 0. The quantitative estimate of drug-likeness (QED) is 0.0203. The summed E-state index contributed by atoms with van der Waals surface area (Å²) in [5.41, 5.74) is 10.0. The number of amides is 7. The third-order valence-electron chi connectivity index (χ3n) is 19.4. The number of halogens is 1. The first-order valence-corrected chi connectivity index (χ1v) is 32.5. The van der Waals surface area contributed by atoms with Crippen molar-refractivity contribution in [1.29, 1.82) is 0 Å². The number of benzene rings is 3. The maximum Gasteiger partial charge on any atom is 0.343 e. The fourth-order valence-corrected chi connectivity index (χ4v) is 14.3. The lowest BCUT2D eigenvalue weighted by Gasteiger charge is -2.69. The molecule has 494 valence electrons. The number of aliphatic hydroxyl groups is 1. The van der Waals surface area contributed by atoms with Crippen LogP contribution in [0, 0.1) is 29.5 Å². The van der Waals surface area contributed by atoms with E-state index in [0.717, 1.165) is 34.4 Å². The van der Waals surface area contributed by atoms with Crippen molar-refractivity contribution in [3.63, 3.8) is 0 Å². The Morgan fingerprint density at radius 2 is 1.61 bits per heavy atom. The predicted octanol–water partition coefficient (Wildman–Crippen LogP) is 5.53. The number of ether oxygens (including phenoxy) is 2. The molecule has 23 heteroatoms. The molecule has 4 aliphatic carbocycles. The second-order valence-electron chi connectivity index (χ2n) is 25.9. The second kappa shape index (κ2) is 28.3. The number of aromatic nitrogens is 2. The van der Waals surface area contributed by atoms with Crippen LogP contribution < -0.4 is 48.1 Å². The van der Waals surface area contributed by atoms with Gasteiger partial charge in [0.1, 0.15) is 24.5 Å². The minimum Gasteiger partial charge on any atom is -0.458 e. The van der Waals surface area contributed by atoms with Crippen LogP contribution in [0.1, 0.15) is 154 Å². The largest absolute Gasteiger partial charge is 0.458 e. The Hall–Kier alpha value is -8.67. The summed E-state index contributed by atoms with van der Waals surface area (Å²) in [5, 5.41) is 29.3. The fraction of sp³-hybridized carbons (Fsp3) is 0.486. The molecular weight excluding hydrogens is 1190 g/mol. The second-order valence-corrected chi connectivity index (χ2v) is 25.9. The molecule has 22 nitrogen and oxygen atoms in total. The standard InChI is InChI=1S/C70H85FN10O12/c1-7-42-16-10-11-18-44(42)33-80(53-20-13-12-17-43(53)8-2)58(85)23-27-73-66(89)69-36-68(37-69,38-69)39-75-55(82)24-28-92-29-25-56(83)79-61(40(4)5)64(87)78-51(19-14-15-26-72)63(86)74-32-57(84)76-50-22-21-45-41(6)49(71)31-52-59(45)60(50)46-34-81-54(62(46)77-52)30-48-47(65(81)88)35-93-67(90)70(48,91)9-3/h8,10-13,16-18,20,30-31,40,50-51,61,91H,2,7,9,14-15,19,21-29,32-39,72H2,1,3-6H3,(H,73,89)(H,74,86)(H,75,82)(H,76,84)(H,78,87)(H,79,83). The Morgan fingerprint density at radius 3 is 2.32 bits per heavy atom. The summed E-state index contributed by atoms with van der Waals surface area (Å²) in [6.07, 6.45) is 6.39. The highest BCUT2D eigenvalue weighted by Gasteiger charge is 2.71. The molecule has 7 amide bonds. The van der Waals surface area contributed by atoms with Crippen molar-refractivity contribution < 1.29 is 57.3 Å². The van der Waals surface area contributed by atoms with Crippen molar-refractivity contribution in [2.45, 2.75) is 162 Å². The Morgan fingerprint density at radius 1 is 0.892 bits per heavy atom. The van der Waals surface area contributed by atoms with Gasteiger partial charge in [0, 0.05) is 54.9 Å². The molecular formula is C70H85FN10O12. The molecule has 5 aromatic rings. The van der Waals surface area contributed by atoms with Gasteiger partial charge in [0.05, 0.1) is 72.5 Å². The molecule has 0 saturated heterocycles. The first-order valence-electron chi connectivity index (χ1n) is 32.5. The molecule has 2 aliphatic heterocycles. The number of nitrogens with zero attached hydrogens (tertiary/aromatic N) is 3. The molecule has 2 bridgehead atoms. The number of hydrogen-bond acceptors (Lipinski definition) is 14. The fourth-order valence-electron chi connectivity index (χ4n) is 14.3. The zero-order chi connectivity index (χ0) is 66.5. The van der Waals surface area contributed by atoms with Crippen LogP contribution in [0.25, 0.3) is 28.4 Å². The molecule has 6 aliphatic rings. The van der Waals surface area contributed by atoms with Gasteiger partial charge in [-0.25, -0.2) is 14.2 Å². The molecule has 9 N–H and O–H groups in total. The number of esters is 1. The van der Waals surface area contributed by atoms with Crippen molar-refractivity contribution in [3.8, 4) is 11.4 Å². The Labute approximate surface area is 539 Å². The first kappa shape index (κ1) is 67.2. The van der Waals surface area contributed by atoms with Crippen LogP contribution in [0.4, 0.5) is 10.1 Å². The molecule has 0 radical (unpaired) electrons. The van der Waals surface area contributed by atoms with E-state index in [2.05, 4.69) is 51.5 Å². The summed E-state index contributed by atoms with van der Waals surface area (Å²) in [6.45, 7) is 13.4. The van der Waals surface area contributed by atoms with Crippen LogP contribution in [-0.4, -0.2) is 113 Å². The number of nitrogens with one attached hydrogen (secondary N) is 6. The maximum absolute atomic E-state index is 15.5. The summed E-state index contributed by atoms with van der Waals surface area (Å²) >= 11 is 0. The summed E-state index contributed by atoms with van der Waals surface area (Å²) in [6, 6.07) is 15.8. The average Bonchev–Trinajstić information content (AvgIpc) is 0.997. The highest BCUT2D eigenvalue weighted by Crippen LogP contribution is 2.73. The molecule has 4 heterocycles. The van der Waals surface area contributed by atoms with Gasteiger partial charge in [0.2, 0.25) is 41.4 Å². The Bertz CT molecular complexity index is 3850. The van der Waals surface area contributed by atoms with Gasteiger partial charge >= 0.3 is 5.97 Å². The molecule has 11 rings (SSSR count). The van der Waals surface area contributed by atoms with Crippen LogP contribution in [-0.2, 0) is 86.0 Å². The number of rotatable bonds is 30. The number of anilines is 1. The van der Waals surface area contributed by atoms with E-state index in [4.69, 9.17) is 20.2 Å². The number of pyridine rings is 2. The third-order valence-corrected chi connectivity index (χ3v) is 19.4. The smallest absolute Gasteiger partial charge is 0.343 e. The molecule has 0 spiro atoms. The van der Waals surface area contributed by atoms with Crippen molar-refractivity contribution >= 4 is 70.0 Å². The normalized spacial score (nSPS) is 20.1. The Balaban J connectivity index is 0.661. The number of nitrogens with two attached hydrogens (primary N) is 1. The minimum atomic E-state index is -2.06. The highest BCUT2D eigenvalue weighted by molar-refractivity contribution is 5.98. The van der Waals surface area contributed by atoms with E-state index in [-0.39, 0.29) is 99.3 Å². The monoisotopic (exact) mass is 1280 g/mol. The number of aryl methyl sites for hydroxylation is 2. The van der Waals surface area contributed by atoms with E-state index in [1.54, 1.807) is 44.7 Å². The number of hydrogen-bond donors (Lipinski definition) is 8. The van der Waals surface area contributed by atoms with E-state index >= 15 is 4.39 Å². The average molecular weight is 1280 g/mol. The highest BCUT2D eigenvalue weighted by atomic mass is 19.1. The number of fused-ring (bicyclic) bond motifs is 5. The van der Waals surface area contributed by atoms with E-state index in [0.29, 0.717) is 104 Å². The van der Waals surface area contributed by atoms with Crippen LogP contribution in [0.5, 0.6) is 0 Å². The van der Waals surface area contributed by atoms with E-state index < -0.39 is 82.6 Å². The van der Waals surface area contributed by atoms with E-state index in [9.17, 15) is 48.3 Å². The lowest BCUT2D eigenvalue weighted by molar-refractivity contribution is -0.205. The van der Waals surface area contributed by atoms with Gasteiger partial charge in [-0.1, -0.05) is 82.8 Å². The molecule has 93 heavy (non-hydrogen) atoms. The Kier molecular flexibility index (Phi) is 20.4. The number of unbranched alkanes of at least 4 members (excludes halogenated alkanes) is 1. The molecule has 3 saturated carbocycles. The summed E-state index contributed by atoms with van der Waals surface area (Å²) in [5.74, 6) is -4.47. The summed E-state index contributed by atoms with van der Waals surface area (Å²) < 4.78 is 27.9. The lowest BCUT2D eigenvalue weighted by atomic mass is 9.35. The van der Waals surface area contributed by atoms with E-state index in [1.165, 1.54) is 10.6 Å². The van der Waals surface area contributed by atoms with Crippen molar-refractivity contribution in [2.75, 3.05) is 44.3 Å². The van der Waals surface area contributed by atoms with Gasteiger partial charge in [-0.3, -0.25) is 38.4 Å². The van der Waals surface area contributed by atoms with Crippen LogP contribution in [0.15, 0.2) is 72.0 Å². The zero-order valence-electron chi connectivity index (χ0n) is 53.7. The van der Waals surface area contributed by atoms with Crippen LogP contribution in [0.3, 0.4) is 0 Å². The third kappa shape index (κ3) is 13.7. The molecule has 2 aromatic heterocycles. The lowest BCUT2D eigenvalue weighted by Crippen LogP contribution is -2.70. The van der Waals surface area contributed by atoms with Gasteiger partial charge in [-0.05, 0) is 135 Å². The number of para-hydroxylation sites is 1. The van der Waals surface area contributed by atoms with Crippen LogP contribution in [0.2, 0.25) is 0 Å². The van der Waals surface area contributed by atoms with Gasteiger partial charge in [-0.2, -0.15) is 0 Å². The molecule has 3 fully saturated rings. The topological polar surface area (TPSA) is 312 Å². The van der Waals surface area contributed by atoms with Crippen molar-refractivity contribution in [2.24, 2.45) is 22.5 Å². The number of carbonyl (C=O) groups is 8. The van der Waals surface area contributed by atoms with Crippen molar-refractivity contribution in [3.05, 3.63) is 133 Å². The van der Waals surface area contributed by atoms with Gasteiger partial charge < -0.3 is 61.7 Å². The number of carbonyl (C=O) groups excluding carboxylic acids is 8. The predicted molar refractivity (Wildman–Crippen MR) is 346 cm³/mol.